The molecule has 0 saturated heterocycles. The lowest BCUT2D eigenvalue weighted by atomic mass is 9.94. The molecule has 1 aliphatic rings. The average molecular weight is 384 g/mol. The molecule has 1 heterocycles. The lowest BCUT2D eigenvalue weighted by Gasteiger charge is -2.29. The molecule has 7 heteroatoms. The van der Waals surface area contributed by atoms with Crippen LogP contribution >= 0.6 is 0 Å². The number of nitrogens with one attached hydrogen (secondary N) is 2. The highest BCUT2D eigenvalue weighted by atomic mass is 19.1. The zero-order valence-electron chi connectivity index (χ0n) is 15.6. The molecule has 0 fully saturated rings. The van der Waals surface area contributed by atoms with E-state index in [-0.39, 0.29) is 18.5 Å². The summed E-state index contributed by atoms with van der Waals surface area (Å²) in [7, 11) is 1.30. The van der Waals surface area contributed by atoms with E-state index in [1.807, 2.05) is 6.92 Å². The van der Waals surface area contributed by atoms with Crippen molar-refractivity contribution in [2.24, 2.45) is 0 Å². The van der Waals surface area contributed by atoms with Crippen molar-refractivity contribution in [2.45, 2.75) is 26.0 Å². The molecule has 1 atom stereocenters. The fourth-order valence-corrected chi connectivity index (χ4v) is 3.03. The average Bonchev–Trinajstić information content (AvgIpc) is 2.72. The van der Waals surface area contributed by atoms with Crippen molar-refractivity contribution in [1.82, 2.24) is 10.6 Å². The quantitative estimate of drug-likeness (QED) is 0.746. The molecule has 6 nitrogen and oxygen atoms in total. The van der Waals surface area contributed by atoms with Gasteiger partial charge in [-0.15, -0.1) is 0 Å². The summed E-state index contributed by atoms with van der Waals surface area (Å²) in [5.74, 6) is -0.245. The second-order valence-corrected chi connectivity index (χ2v) is 6.26. The summed E-state index contributed by atoms with van der Waals surface area (Å²) >= 11 is 0. The van der Waals surface area contributed by atoms with Crippen LogP contribution in [-0.4, -0.2) is 19.1 Å². The summed E-state index contributed by atoms with van der Waals surface area (Å²) in [5, 5.41) is 5.43. The Morgan fingerprint density at radius 1 is 1.18 bits per heavy atom. The molecular weight excluding hydrogens is 363 g/mol. The van der Waals surface area contributed by atoms with E-state index in [4.69, 9.17) is 9.47 Å². The first kappa shape index (κ1) is 19.4. The van der Waals surface area contributed by atoms with Gasteiger partial charge in [0.2, 0.25) is 0 Å². The van der Waals surface area contributed by atoms with Gasteiger partial charge in [0.25, 0.3) is 0 Å². The number of esters is 1. The minimum atomic E-state index is -0.648. The number of hydrogen-bond donors (Lipinski definition) is 2. The second kappa shape index (κ2) is 8.56. The van der Waals surface area contributed by atoms with Crippen LogP contribution in [0.4, 0.5) is 9.18 Å². The van der Waals surface area contributed by atoms with Gasteiger partial charge in [-0.25, -0.2) is 14.0 Å². The van der Waals surface area contributed by atoms with Crippen LogP contribution in [0.5, 0.6) is 5.75 Å². The zero-order valence-corrected chi connectivity index (χ0v) is 15.6. The van der Waals surface area contributed by atoms with E-state index in [0.29, 0.717) is 29.0 Å². The smallest absolute Gasteiger partial charge is 0.337 e. The molecule has 0 aromatic heterocycles. The van der Waals surface area contributed by atoms with Crippen LogP contribution in [0.3, 0.4) is 0 Å². The van der Waals surface area contributed by atoms with Gasteiger partial charge in [0.1, 0.15) is 18.2 Å². The summed E-state index contributed by atoms with van der Waals surface area (Å²) in [4.78, 5) is 24.3. The largest absolute Gasteiger partial charge is 0.489 e. The second-order valence-electron chi connectivity index (χ2n) is 6.26. The maximum atomic E-state index is 13.0. The van der Waals surface area contributed by atoms with Gasteiger partial charge in [0.05, 0.1) is 18.7 Å². The molecule has 0 radical (unpaired) electrons. The Morgan fingerprint density at radius 3 is 2.61 bits per heavy atom. The van der Waals surface area contributed by atoms with Crippen molar-refractivity contribution in [3.8, 4) is 5.75 Å². The Labute approximate surface area is 162 Å². The van der Waals surface area contributed by atoms with E-state index < -0.39 is 12.0 Å². The Bertz CT molecular complexity index is 909. The number of ether oxygens (including phenoxy) is 2. The lowest BCUT2D eigenvalue weighted by molar-refractivity contribution is -0.136. The van der Waals surface area contributed by atoms with E-state index in [1.54, 1.807) is 36.4 Å². The highest BCUT2D eigenvalue weighted by molar-refractivity contribution is 5.95. The zero-order chi connectivity index (χ0) is 20.1. The third-order valence-corrected chi connectivity index (χ3v) is 4.42. The molecule has 1 unspecified atom stereocenters. The van der Waals surface area contributed by atoms with E-state index in [1.165, 1.54) is 19.2 Å². The molecule has 2 aromatic carbocycles. The predicted octanol–water partition coefficient (Wildman–Crippen LogP) is 3.60. The highest BCUT2D eigenvalue weighted by Gasteiger charge is 2.32. The van der Waals surface area contributed by atoms with Crippen molar-refractivity contribution >= 4 is 12.0 Å². The van der Waals surface area contributed by atoms with Crippen molar-refractivity contribution in [2.75, 3.05) is 7.11 Å². The summed E-state index contributed by atoms with van der Waals surface area (Å²) in [6, 6.07) is 12.1. The van der Waals surface area contributed by atoms with Crippen LogP contribution in [0.15, 0.2) is 59.8 Å². The fraction of sp³-hybridized carbons (Fsp3) is 0.238. The Hall–Kier alpha value is -3.35. The van der Waals surface area contributed by atoms with Gasteiger partial charge in [-0.05, 0) is 41.8 Å². The molecule has 0 spiro atoms. The molecule has 0 saturated carbocycles. The number of urea groups is 1. The maximum absolute atomic E-state index is 13.0. The molecule has 146 valence electrons. The van der Waals surface area contributed by atoms with Crippen molar-refractivity contribution < 1.29 is 23.5 Å². The molecule has 2 N–H and O–H groups in total. The van der Waals surface area contributed by atoms with Gasteiger partial charge < -0.3 is 20.1 Å². The topological polar surface area (TPSA) is 76.7 Å². The van der Waals surface area contributed by atoms with E-state index in [2.05, 4.69) is 10.6 Å². The lowest BCUT2D eigenvalue weighted by Crippen LogP contribution is -2.45. The number of methoxy groups -OCH3 is 1. The fourth-order valence-electron chi connectivity index (χ4n) is 3.03. The van der Waals surface area contributed by atoms with Crippen molar-refractivity contribution in [3.05, 3.63) is 76.7 Å². The number of carbonyl (C=O) groups is 2. The summed E-state index contributed by atoms with van der Waals surface area (Å²) in [5.41, 5.74) is 2.40. The van der Waals surface area contributed by atoms with Gasteiger partial charge in [-0.2, -0.15) is 0 Å². The Morgan fingerprint density at radius 2 is 1.93 bits per heavy atom. The number of rotatable bonds is 6. The van der Waals surface area contributed by atoms with E-state index in [9.17, 15) is 14.0 Å². The normalized spacial score (nSPS) is 16.2. The van der Waals surface area contributed by atoms with Crippen LogP contribution in [0.2, 0.25) is 0 Å². The van der Waals surface area contributed by atoms with Gasteiger partial charge in [0.15, 0.2) is 0 Å². The standard InChI is InChI=1S/C21H21FN2O4/c1-3-17-18(20(25)27-2)19(24-21(26)23-17)14-5-4-6-16(11-14)28-12-13-7-9-15(22)10-8-13/h4-11,19H,3,12H2,1-2H3,(H2,23,24,26). The summed E-state index contributed by atoms with van der Waals surface area (Å²) < 4.78 is 23.7. The van der Waals surface area contributed by atoms with E-state index >= 15 is 0 Å². The molecule has 2 amide bonds. The van der Waals surface area contributed by atoms with Gasteiger partial charge >= 0.3 is 12.0 Å². The molecule has 2 aromatic rings. The number of benzene rings is 2. The monoisotopic (exact) mass is 384 g/mol. The van der Waals surface area contributed by atoms with Crippen LogP contribution in [0.1, 0.15) is 30.5 Å². The maximum Gasteiger partial charge on any atom is 0.337 e. The number of allylic oxidation sites excluding steroid dienone is 1. The third-order valence-electron chi connectivity index (χ3n) is 4.42. The molecule has 3 rings (SSSR count). The van der Waals surface area contributed by atoms with Crippen LogP contribution in [0.25, 0.3) is 0 Å². The van der Waals surface area contributed by atoms with Crippen molar-refractivity contribution in [1.29, 1.82) is 0 Å². The minimum Gasteiger partial charge on any atom is -0.489 e. The third kappa shape index (κ3) is 4.31. The highest BCUT2D eigenvalue weighted by Crippen LogP contribution is 2.30. The van der Waals surface area contributed by atoms with Gasteiger partial charge in [-0.3, -0.25) is 0 Å². The van der Waals surface area contributed by atoms with Crippen LogP contribution < -0.4 is 15.4 Å². The van der Waals surface area contributed by atoms with Crippen LogP contribution in [0, 0.1) is 5.82 Å². The molecule has 28 heavy (non-hydrogen) atoms. The predicted molar refractivity (Wildman–Crippen MR) is 101 cm³/mol. The molecule has 0 aliphatic carbocycles. The summed E-state index contributed by atoms with van der Waals surface area (Å²) in [6.45, 7) is 2.12. The Kier molecular flexibility index (Phi) is 5.93. The van der Waals surface area contributed by atoms with Crippen molar-refractivity contribution in [3.63, 3.8) is 0 Å². The SMILES string of the molecule is CCC1=C(C(=O)OC)C(c2cccc(OCc3ccc(F)cc3)c2)NC(=O)N1. The van der Waals surface area contributed by atoms with Gasteiger partial charge in [-0.1, -0.05) is 31.2 Å². The molecular formula is C21H21FN2O4. The first-order chi connectivity index (χ1) is 13.5. The number of carbonyl (C=O) groups excluding carboxylic acids is 2. The number of halogens is 1. The van der Waals surface area contributed by atoms with Gasteiger partial charge in [0, 0.05) is 5.70 Å². The van der Waals surface area contributed by atoms with Crippen LogP contribution in [-0.2, 0) is 16.1 Å². The minimum absolute atomic E-state index is 0.266. The Balaban J connectivity index is 1.85. The molecule has 1 aliphatic heterocycles. The first-order valence-electron chi connectivity index (χ1n) is 8.88. The number of hydrogen-bond acceptors (Lipinski definition) is 4. The molecule has 0 bridgehead atoms. The van der Waals surface area contributed by atoms with E-state index in [0.717, 1.165) is 5.56 Å². The number of amides is 2. The first-order valence-corrected chi connectivity index (χ1v) is 8.88. The summed E-state index contributed by atoms with van der Waals surface area (Å²) in [6.07, 6.45) is 0.481.